The predicted molar refractivity (Wildman–Crippen MR) is 151 cm³/mol. The molecule has 0 fully saturated rings. The Bertz CT molecular complexity index is 1210. The summed E-state index contributed by atoms with van der Waals surface area (Å²) in [5.74, 6) is 0.505. The number of hydrogen-bond donors (Lipinski definition) is 1. The molecule has 3 aromatic rings. The second kappa shape index (κ2) is 13.3. The van der Waals surface area contributed by atoms with Gasteiger partial charge in [0.05, 0.1) is 6.61 Å². The van der Waals surface area contributed by atoms with Crippen molar-refractivity contribution in [3.8, 4) is 0 Å². The number of esters is 1. The first-order valence-electron chi connectivity index (χ1n) is 13.5. The fourth-order valence-electron chi connectivity index (χ4n) is 4.78. The Morgan fingerprint density at radius 2 is 1.70 bits per heavy atom. The Labute approximate surface area is 222 Å². The van der Waals surface area contributed by atoms with Gasteiger partial charge < -0.3 is 14.6 Å². The molecule has 0 saturated carbocycles. The highest BCUT2D eigenvalue weighted by Crippen LogP contribution is 2.25. The smallest absolute Gasteiger partial charge is 0.305 e. The van der Waals surface area contributed by atoms with E-state index in [-0.39, 0.29) is 11.8 Å². The second-order valence-corrected chi connectivity index (χ2v) is 10.2. The fraction of sp³-hybridized carbons (Fsp3) is 0.438. The van der Waals surface area contributed by atoms with E-state index in [1.54, 1.807) is 0 Å². The lowest BCUT2D eigenvalue weighted by molar-refractivity contribution is -0.143. The van der Waals surface area contributed by atoms with E-state index in [4.69, 9.17) is 4.74 Å². The highest BCUT2D eigenvalue weighted by molar-refractivity contribution is 6.10. The Morgan fingerprint density at radius 3 is 2.35 bits per heavy atom. The van der Waals surface area contributed by atoms with Crippen molar-refractivity contribution in [2.75, 3.05) is 11.9 Å². The zero-order valence-corrected chi connectivity index (χ0v) is 23.3. The van der Waals surface area contributed by atoms with Gasteiger partial charge in [-0.15, -0.1) is 0 Å². The first-order valence-corrected chi connectivity index (χ1v) is 13.5. The molecular formula is C32H42N2O3. The monoisotopic (exact) mass is 502 g/mol. The number of nitrogens with one attached hydrogen (secondary N) is 1. The summed E-state index contributed by atoms with van der Waals surface area (Å²) in [5, 5.41) is 3.53. The van der Waals surface area contributed by atoms with Crippen molar-refractivity contribution in [2.24, 2.45) is 13.0 Å². The van der Waals surface area contributed by atoms with Crippen molar-refractivity contribution in [2.45, 2.75) is 73.3 Å². The Hall–Kier alpha value is -3.34. The van der Waals surface area contributed by atoms with E-state index < -0.39 is 0 Å². The lowest BCUT2D eigenvalue weighted by Crippen LogP contribution is -2.08. The average molecular weight is 503 g/mol. The van der Waals surface area contributed by atoms with Crippen molar-refractivity contribution >= 4 is 17.4 Å². The summed E-state index contributed by atoms with van der Waals surface area (Å²) in [5.41, 5.74) is 8.16. The molecule has 0 aliphatic rings. The standard InChI is InChI=1S/C32H42N2O3/c1-7-30-28(20-27(34(30)6)10-9-11-31(35)37-8-2)32(36)26-17-12-23(5)29(19-26)33-21-25-15-13-24(14-16-25)18-22(3)4/h12-17,19-20,22,33H,7-11,18,21H2,1-6H3. The summed E-state index contributed by atoms with van der Waals surface area (Å²) in [6.45, 7) is 11.5. The van der Waals surface area contributed by atoms with Crippen LogP contribution in [0, 0.1) is 12.8 Å². The van der Waals surface area contributed by atoms with Crippen molar-refractivity contribution in [1.82, 2.24) is 4.57 Å². The van der Waals surface area contributed by atoms with Crippen LogP contribution in [0.4, 0.5) is 5.69 Å². The van der Waals surface area contributed by atoms with Crippen LogP contribution in [-0.4, -0.2) is 22.9 Å². The maximum atomic E-state index is 13.6. The van der Waals surface area contributed by atoms with Crippen LogP contribution < -0.4 is 5.32 Å². The molecule has 0 radical (unpaired) electrons. The number of rotatable bonds is 13. The van der Waals surface area contributed by atoms with Crippen LogP contribution in [0.25, 0.3) is 0 Å². The van der Waals surface area contributed by atoms with E-state index in [2.05, 4.69) is 61.8 Å². The minimum Gasteiger partial charge on any atom is -0.466 e. The largest absolute Gasteiger partial charge is 0.466 e. The number of anilines is 1. The van der Waals surface area contributed by atoms with Crippen molar-refractivity contribution in [3.05, 3.63) is 87.7 Å². The number of carbonyl (C=O) groups excluding carboxylic acids is 2. The average Bonchev–Trinajstić information content (AvgIpc) is 3.19. The first-order chi connectivity index (χ1) is 17.7. The topological polar surface area (TPSA) is 60.3 Å². The van der Waals surface area contributed by atoms with Crippen LogP contribution in [0.1, 0.15) is 84.5 Å². The number of carbonyl (C=O) groups is 2. The minimum absolute atomic E-state index is 0.0326. The van der Waals surface area contributed by atoms with Gasteiger partial charge in [0.15, 0.2) is 5.78 Å². The van der Waals surface area contributed by atoms with E-state index >= 15 is 0 Å². The molecule has 1 N–H and O–H groups in total. The highest BCUT2D eigenvalue weighted by Gasteiger charge is 2.20. The highest BCUT2D eigenvalue weighted by atomic mass is 16.5. The molecule has 198 valence electrons. The molecule has 0 aliphatic heterocycles. The quantitative estimate of drug-likeness (QED) is 0.206. The van der Waals surface area contributed by atoms with Gasteiger partial charge in [0.25, 0.3) is 0 Å². The van der Waals surface area contributed by atoms with Gasteiger partial charge in [0.1, 0.15) is 0 Å². The Morgan fingerprint density at radius 1 is 1.00 bits per heavy atom. The third-order valence-electron chi connectivity index (χ3n) is 6.81. The van der Waals surface area contributed by atoms with E-state index in [0.29, 0.717) is 37.5 Å². The molecule has 0 aliphatic carbocycles. The SMILES string of the molecule is CCOC(=O)CCCc1cc(C(=O)c2ccc(C)c(NCc3ccc(CC(C)C)cc3)c2)c(CC)n1C. The van der Waals surface area contributed by atoms with Crippen molar-refractivity contribution in [1.29, 1.82) is 0 Å². The summed E-state index contributed by atoms with van der Waals surface area (Å²) in [6.07, 6.45) is 3.66. The van der Waals surface area contributed by atoms with Gasteiger partial charge in [0.2, 0.25) is 0 Å². The molecule has 5 nitrogen and oxygen atoms in total. The number of ketones is 1. The van der Waals surface area contributed by atoms with E-state index in [0.717, 1.165) is 47.5 Å². The van der Waals surface area contributed by atoms with Gasteiger partial charge >= 0.3 is 5.97 Å². The van der Waals surface area contributed by atoms with Gasteiger partial charge in [-0.3, -0.25) is 9.59 Å². The van der Waals surface area contributed by atoms with Crippen LogP contribution >= 0.6 is 0 Å². The maximum absolute atomic E-state index is 13.6. The van der Waals surface area contributed by atoms with Gasteiger partial charge in [-0.05, 0) is 74.3 Å². The molecule has 0 spiro atoms. The number of hydrogen-bond acceptors (Lipinski definition) is 4. The maximum Gasteiger partial charge on any atom is 0.305 e. The zero-order valence-electron chi connectivity index (χ0n) is 23.3. The summed E-state index contributed by atoms with van der Waals surface area (Å²) < 4.78 is 7.14. The van der Waals surface area contributed by atoms with Gasteiger partial charge in [-0.2, -0.15) is 0 Å². The van der Waals surface area contributed by atoms with Gasteiger partial charge in [-0.25, -0.2) is 0 Å². The van der Waals surface area contributed by atoms with Crippen LogP contribution in [0.15, 0.2) is 48.5 Å². The number of benzene rings is 2. The van der Waals surface area contributed by atoms with E-state index in [1.165, 1.54) is 11.1 Å². The number of nitrogens with zero attached hydrogens (tertiary/aromatic N) is 1. The van der Waals surface area contributed by atoms with Crippen LogP contribution in [-0.2, 0) is 42.4 Å². The molecule has 0 atom stereocenters. The molecule has 37 heavy (non-hydrogen) atoms. The molecule has 0 bridgehead atoms. The first kappa shape index (κ1) is 28.2. The van der Waals surface area contributed by atoms with E-state index in [1.807, 2.05) is 38.2 Å². The number of aryl methyl sites for hydroxylation is 2. The molecule has 2 aromatic carbocycles. The summed E-state index contributed by atoms with van der Waals surface area (Å²) in [4.78, 5) is 25.3. The molecule has 0 saturated heterocycles. The third kappa shape index (κ3) is 7.58. The number of ether oxygens (including phenoxy) is 1. The molecule has 5 heteroatoms. The van der Waals surface area contributed by atoms with Crippen LogP contribution in [0.2, 0.25) is 0 Å². The summed E-state index contributed by atoms with van der Waals surface area (Å²) in [7, 11) is 2.00. The van der Waals surface area contributed by atoms with Crippen LogP contribution in [0.3, 0.4) is 0 Å². The molecule has 0 amide bonds. The molecule has 0 unspecified atom stereocenters. The number of aromatic nitrogens is 1. The molecular weight excluding hydrogens is 460 g/mol. The lowest BCUT2D eigenvalue weighted by Gasteiger charge is -2.13. The lowest BCUT2D eigenvalue weighted by atomic mass is 9.99. The second-order valence-electron chi connectivity index (χ2n) is 10.2. The van der Waals surface area contributed by atoms with Crippen molar-refractivity contribution < 1.29 is 14.3 Å². The molecule has 1 heterocycles. The van der Waals surface area contributed by atoms with Gasteiger partial charge in [0, 0.05) is 48.2 Å². The Kier molecular flexibility index (Phi) is 10.1. The Balaban J connectivity index is 1.73. The van der Waals surface area contributed by atoms with Gasteiger partial charge in [-0.1, -0.05) is 57.2 Å². The predicted octanol–water partition coefficient (Wildman–Crippen LogP) is 6.82. The third-order valence-corrected chi connectivity index (χ3v) is 6.81. The zero-order chi connectivity index (χ0) is 26.9. The summed E-state index contributed by atoms with van der Waals surface area (Å²) >= 11 is 0. The summed E-state index contributed by atoms with van der Waals surface area (Å²) in [6, 6.07) is 16.7. The molecule has 3 rings (SSSR count). The van der Waals surface area contributed by atoms with E-state index in [9.17, 15) is 9.59 Å². The van der Waals surface area contributed by atoms with Crippen LogP contribution in [0.5, 0.6) is 0 Å². The minimum atomic E-state index is -0.171. The normalized spacial score (nSPS) is 11.1. The molecule has 1 aromatic heterocycles. The fourth-order valence-corrected chi connectivity index (χ4v) is 4.78. The van der Waals surface area contributed by atoms with Crippen molar-refractivity contribution in [3.63, 3.8) is 0 Å².